The first-order valence-corrected chi connectivity index (χ1v) is 3.73. The van der Waals surface area contributed by atoms with Crippen molar-refractivity contribution in [3.8, 4) is 0 Å². The molecule has 0 saturated carbocycles. The molecule has 0 aliphatic carbocycles. The maximum atomic E-state index is 3.90. The fourth-order valence-corrected chi connectivity index (χ4v) is 0.560. The third kappa shape index (κ3) is 4.38. The van der Waals surface area contributed by atoms with Gasteiger partial charge in [-0.05, 0) is 31.9 Å². The van der Waals surface area contributed by atoms with E-state index in [-0.39, 0.29) is 0 Å². The molecule has 0 radical (unpaired) electrons. The Hall–Kier alpha value is -1.04. The summed E-state index contributed by atoms with van der Waals surface area (Å²) in [5.74, 6) is 0. The lowest BCUT2D eigenvalue weighted by Gasteiger charge is -1.97. The lowest BCUT2D eigenvalue weighted by atomic mass is 10.1. The average Bonchev–Trinajstić information content (AvgIpc) is 1.98. The van der Waals surface area contributed by atoms with E-state index in [4.69, 9.17) is 0 Å². The average molecular weight is 148 g/mol. The molecule has 0 rings (SSSR count). The third-order valence-electron chi connectivity index (χ3n) is 1.51. The zero-order valence-electron chi connectivity index (χ0n) is 7.65. The van der Waals surface area contributed by atoms with Gasteiger partial charge >= 0.3 is 0 Å². The van der Waals surface area contributed by atoms with E-state index in [9.17, 15) is 0 Å². The lowest BCUT2D eigenvalue weighted by molar-refractivity contribution is 1.40. The molecule has 0 aromatic carbocycles. The van der Waals surface area contributed by atoms with Crippen molar-refractivity contribution < 1.29 is 0 Å². The van der Waals surface area contributed by atoms with Crippen molar-refractivity contribution in [1.29, 1.82) is 0 Å². The molecule has 0 fully saturated rings. The van der Waals surface area contributed by atoms with Gasteiger partial charge in [0.2, 0.25) is 0 Å². The van der Waals surface area contributed by atoms with Gasteiger partial charge in [0.1, 0.15) is 0 Å². The SMILES string of the molecule is C=C(C)/C=C\C(=C)/C(C)=C/C. The van der Waals surface area contributed by atoms with E-state index in [1.807, 2.05) is 39.0 Å². The zero-order chi connectivity index (χ0) is 8.85. The summed E-state index contributed by atoms with van der Waals surface area (Å²) in [6.45, 7) is 13.7. The van der Waals surface area contributed by atoms with Crippen LogP contribution < -0.4 is 0 Å². The van der Waals surface area contributed by atoms with Crippen molar-refractivity contribution in [1.82, 2.24) is 0 Å². The molecule has 0 bridgehead atoms. The van der Waals surface area contributed by atoms with E-state index in [2.05, 4.69) is 13.2 Å². The van der Waals surface area contributed by atoms with E-state index in [1.54, 1.807) is 0 Å². The van der Waals surface area contributed by atoms with Gasteiger partial charge in [0.05, 0.1) is 0 Å². The molecule has 0 aliphatic rings. The summed E-state index contributed by atoms with van der Waals surface area (Å²) in [4.78, 5) is 0. The molecule has 0 unspecified atom stereocenters. The number of rotatable bonds is 3. The van der Waals surface area contributed by atoms with Crippen LogP contribution in [0, 0.1) is 0 Å². The summed E-state index contributed by atoms with van der Waals surface area (Å²) in [7, 11) is 0. The van der Waals surface area contributed by atoms with Crippen LogP contribution in [0.4, 0.5) is 0 Å². The first-order valence-electron chi connectivity index (χ1n) is 3.73. The van der Waals surface area contributed by atoms with Crippen molar-refractivity contribution >= 4 is 0 Å². The predicted octanol–water partition coefficient (Wildman–Crippen LogP) is 3.64. The van der Waals surface area contributed by atoms with Gasteiger partial charge in [-0.1, -0.05) is 37.0 Å². The Balaban J connectivity index is 4.19. The molecule has 0 nitrogen and oxygen atoms in total. The highest BCUT2D eigenvalue weighted by Gasteiger charge is 1.88. The van der Waals surface area contributed by atoms with Gasteiger partial charge in [-0.3, -0.25) is 0 Å². The minimum absolute atomic E-state index is 1.05. The Morgan fingerprint density at radius 2 is 1.64 bits per heavy atom. The van der Waals surface area contributed by atoms with Crippen LogP contribution in [-0.2, 0) is 0 Å². The predicted molar refractivity (Wildman–Crippen MR) is 52.5 cm³/mol. The van der Waals surface area contributed by atoms with E-state index in [0.717, 1.165) is 11.1 Å². The summed E-state index contributed by atoms with van der Waals surface area (Å²) >= 11 is 0. The van der Waals surface area contributed by atoms with Crippen molar-refractivity contribution in [2.75, 3.05) is 0 Å². The first kappa shape index (κ1) is 9.96. The maximum absolute atomic E-state index is 3.90. The van der Waals surface area contributed by atoms with Crippen LogP contribution >= 0.6 is 0 Å². The number of allylic oxidation sites excluding steroid dienone is 6. The highest BCUT2D eigenvalue weighted by molar-refractivity contribution is 5.37. The summed E-state index contributed by atoms with van der Waals surface area (Å²) in [5, 5.41) is 0. The molecule has 0 spiro atoms. The van der Waals surface area contributed by atoms with E-state index in [0.29, 0.717) is 0 Å². The van der Waals surface area contributed by atoms with E-state index in [1.165, 1.54) is 5.57 Å². The van der Waals surface area contributed by atoms with Crippen LogP contribution in [0.2, 0.25) is 0 Å². The molecule has 0 aromatic heterocycles. The van der Waals surface area contributed by atoms with Gasteiger partial charge in [0.15, 0.2) is 0 Å². The van der Waals surface area contributed by atoms with Crippen LogP contribution in [0.3, 0.4) is 0 Å². The molecule has 11 heavy (non-hydrogen) atoms. The van der Waals surface area contributed by atoms with Gasteiger partial charge in [-0.15, -0.1) is 0 Å². The third-order valence-corrected chi connectivity index (χ3v) is 1.51. The van der Waals surface area contributed by atoms with E-state index < -0.39 is 0 Å². The summed E-state index contributed by atoms with van der Waals surface area (Å²) < 4.78 is 0. The molecule has 0 N–H and O–H groups in total. The maximum Gasteiger partial charge on any atom is -0.0303 e. The minimum Gasteiger partial charge on any atom is -0.0961 e. The molecule has 0 aromatic rings. The Kier molecular flexibility index (Phi) is 4.28. The highest BCUT2D eigenvalue weighted by Crippen LogP contribution is 2.08. The zero-order valence-corrected chi connectivity index (χ0v) is 7.65. The molecule has 0 amide bonds. The molecule has 0 atom stereocenters. The van der Waals surface area contributed by atoms with Crippen LogP contribution in [-0.4, -0.2) is 0 Å². The van der Waals surface area contributed by atoms with Crippen LogP contribution in [0.25, 0.3) is 0 Å². The highest BCUT2D eigenvalue weighted by atomic mass is 13.9. The standard InChI is InChI=1S/C11H16/c1-6-10(4)11(5)8-7-9(2)3/h6-8H,2,5H2,1,3-4H3/b8-7-,10-6+. The molecular weight excluding hydrogens is 132 g/mol. The van der Waals surface area contributed by atoms with Crippen molar-refractivity contribution in [2.45, 2.75) is 20.8 Å². The van der Waals surface area contributed by atoms with Gasteiger partial charge in [0.25, 0.3) is 0 Å². The minimum atomic E-state index is 1.05. The van der Waals surface area contributed by atoms with Crippen LogP contribution in [0.15, 0.2) is 48.1 Å². The number of hydrogen-bond donors (Lipinski definition) is 0. The largest absolute Gasteiger partial charge is 0.0961 e. The van der Waals surface area contributed by atoms with Gasteiger partial charge in [-0.25, -0.2) is 0 Å². The topological polar surface area (TPSA) is 0 Å². The smallest absolute Gasteiger partial charge is 0.0303 e. The van der Waals surface area contributed by atoms with Gasteiger partial charge < -0.3 is 0 Å². The molecule has 60 valence electrons. The molecule has 0 aliphatic heterocycles. The quantitative estimate of drug-likeness (QED) is 0.536. The molecule has 0 heterocycles. The summed E-state index contributed by atoms with van der Waals surface area (Å²) in [6, 6.07) is 0. The monoisotopic (exact) mass is 148 g/mol. The Bertz CT molecular complexity index is 214. The second kappa shape index (κ2) is 4.73. The van der Waals surface area contributed by atoms with Crippen LogP contribution in [0.1, 0.15) is 20.8 Å². The Morgan fingerprint density at radius 1 is 1.09 bits per heavy atom. The second-order valence-corrected chi connectivity index (χ2v) is 2.68. The van der Waals surface area contributed by atoms with Crippen molar-refractivity contribution in [2.24, 2.45) is 0 Å². The lowest BCUT2D eigenvalue weighted by Crippen LogP contribution is -1.76. The second-order valence-electron chi connectivity index (χ2n) is 2.68. The Morgan fingerprint density at radius 3 is 2.00 bits per heavy atom. The molecule has 0 heteroatoms. The van der Waals surface area contributed by atoms with Crippen molar-refractivity contribution in [3.05, 3.63) is 48.1 Å². The first-order chi connectivity index (χ1) is 5.07. The number of hydrogen-bond acceptors (Lipinski definition) is 0. The van der Waals surface area contributed by atoms with Gasteiger partial charge in [0, 0.05) is 0 Å². The Labute approximate surface area is 69.6 Å². The van der Waals surface area contributed by atoms with Crippen LogP contribution in [0.5, 0.6) is 0 Å². The van der Waals surface area contributed by atoms with Crippen molar-refractivity contribution in [3.63, 3.8) is 0 Å². The molecular formula is C11H16. The normalized spacial score (nSPS) is 12.1. The fraction of sp³-hybridized carbons (Fsp3) is 0.273. The summed E-state index contributed by atoms with van der Waals surface area (Å²) in [5.41, 5.74) is 3.31. The van der Waals surface area contributed by atoms with E-state index >= 15 is 0 Å². The fourth-order valence-electron chi connectivity index (χ4n) is 0.560. The molecule has 0 saturated heterocycles. The summed E-state index contributed by atoms with van der Waals surface area (Å²) in [6.07, 6.45) is 6.00. The van der Waals surface area contributed by atoms with Gasteiger partial charge in [-0.2, -0.15) is 0 Å².